The van der Waals surface area contributed by atoms with Gasteiger partial charge in [0, 0.05) is 25.3 Å². The molecule has 0 amide bonds. The lowest BCUT2D eigenvalue weighted by Crippen LogP contribution is -2.54. The predicted molar refractivity (Wildman–Crippen MR) is 85.7 cm³/mol. The quantitative estimate of drug-likeness (QED) is 0.399. The summed E-state index contributed by atoms with van der Waals surface area (Å²) in [5, 5.41) is 1.07. The van der Waals surface area contributed by atoms with E-state index in [4.69, 9.17) is 13.6 Å². The third kappa shape index (κ3) is 5.45. The average molecular weight is 308 g/mol. The van der Waals surface area contributed by atoms with Crippen LogP contribution in [0.5, 0.6) is 0 Å². The second-order valence-corrected chi connectivity index (χ2v) is 7.56. The number of hydrogen-bond donors (Lipinski definition) is 0. The van der Waals surface area contributed by atoms with Crippen LogP contribution in [-0.2, 0) is 18.4 Å². The van der Waals surface area contributed by atoms with Crippen LogP contribution in [0.3, 0.4) is 0 Å². The SMILES string of the molecule is CC=CC(=O)OCC[Si](OCC)(OCC)c1ccccc1. The van der Waals surface area contributed by atoms with Gasteiger partial charge in [-0.1, -0.05) is 36.4 Å². The van der Waals surface area contributed by atoms with Gasteiger partial charge in [-0.25, -0.2) is 4.79 Å². The maximum Gasteiger partial charge on any atom is 0.375 e. The van der Waals surface area contributed by atoms with E-state index < -0.39 is 8.56 Å². The fraction of sp³-hybridized carbons (Fsp3) is 0.438. The van der Waals surface area contributed by atoms with E-state index in [-0.39, 0.29) is 5.97 Å². The van der Waals surface area contributed by atoms with Crippen LogP contribution in [0.1, 0.15) is 20.8 Å². The molecule has 0 unspecified atom stereocenters. The summed E-state index contributed by atoms with van der Waals surface area (Å²) in [5.41, 5.74) is 0. The number of esters is 1. The van der Waals surface area contributed by atoms with E-state index >= 15 is 0 Å². The lowest BCUT2D eigenvalue weighted by atomic mass is 10.4. The van der Waals surface area contributed by atoms with Gasteiger partial charge in [-0.15, -0.1) is 0 Å². The van der Waals surface area contributed by atoms with E-state index in [0.29, 0.717) is 25.9 Å². The van der Waals surface area contributed by atoms with Crippen LogP contribution in [0.25, 0.3) is 0 Å². The van der Waals surface area contributed by atoms with Gasteiger partial charge in [0.1, 0.15) is 0 Å². The highest BCUT2D eigenvalue weighted by Gasteiger charge is 2.39. The smallest absolute Gasteiger partial charge is 0.375 e. The molecule has 1 aromatic rings. The van der Waals surface area contributed by atoms with Gasteiger partial charge in [0.2, 0.25) is 0 Å². The summed E-state index contributed by atoms with van der Waals surface area (Å²) in [6, 6.07) is 10.5. The Morgan fingerprint density at radius 3 is 2.29 bits per heavy atom. The van der Waals surface area contributed by atoms with Crippen molar-refractivity contribution in [2.45, 2.75) is 26.8 Å². The largest absolute Gasteiger partial charge is 0.463 e. The summed E-state index contributed by atoms with van der Waals surface area (Å²) in [5.74, 6) is -0.332. The molecule has 0 radical (unpaired) electrons. The number of carbonyl (C=O) groups excluding carboxylic acids is 1. The highest BCUT2D eigenvalue weighted by atomic mass is 28.4. The van der Waals surface area contributed by atoms with Crippen LogP contribution in [0.15, 0.2) is 42.5 Å². The zero-order valence-corrected chi connectivity index (χ0v) is 14.0. The molecule has 1 rings (SSSR count). The van der Waals surface area contributed by atoms with Crippen LogP contribution in [-0.4, -0.2) is 34.4 Å². The maximum atomic E-state index is 11.4. The van der Waals surface area contributed by atoms with Gasteiger partial charge in [-0.05, 0) is 26.0 Å². The summed E-state index contributed by atoms with van der Waals surface area (Å²) < 4.78 is 17.2. The van der Waals surface area contributed by atoms with E-state index in [0.717, 1.165) is 5.19 Å². The van der Waals surface area contributed by atoms with E-state index in [2.05, 4.69) is 0 Å². The molecule has 0 atom stereocenters. The lowest BCUT2D eigenvalue weighted by Gasteiger charge is -2.30. The molecule has 0 aromatic heterocycles. The zero-order valence-electron chi connectivity index (χ0n) is 13.0. The minimum absolute atomic E-state index is 0.296. The minimum Gasteiger partial charge on any atom is -0.463 e. The van der Waals surface area contributed by atoms with Gasteiger partial charge in [-0.2, -0.15) is 0 Å². The van der Waals surface area contributed by atoms with Gasteiger partial charge in [-0.3, -0.25) is 0 Å². The van der Waals surface area contributed by atoms with Crippen LogP contribution >= 0.6 is 0 Å². The highest BCUT2D eigenvalue weighted by molar-refractivity contribution is 6.81. The zero-order chi connectivity index (χ0) is 15.6. The topological polar surface area (TPSA) is 44.8 Å². The fourth-order valence-electron chi connectivity index (χ4n) is 2.13. The second-order valence-electron chi connectivity index (χ2n) is 4.40. The Balaban J connectivity index is 2.83. The van der Waals surface area contributed by atoms with Crippen molar-refractivity contribution >= 4 is 19.7 Å². The van der Waals surface area contributed by atoms with Crippen molar-refractivity contribution in [1.29, 1.82) is 0 Å². The van der Waals surface area contributed by atoms with E-state index in [1.807, 2.05) is 44.2 Å². The van der Waals surface area contributed by atoms with Crippen molar-refractivity contribution in [2.75, 3.05) is 19.8 Å². The Bertz CT molecular complexity index is 439. The Morgan fingerprint density at radius 1 is 1.14 bits per heavy atom. The van der Waals surface area contributed by atoms with Gasteiger partial charge in [0.05, 0.1) is 6.61 Å². The fourth-order valence-corrected chi connectivity index (χ4v) is 5.12. The molecule has 21 heavy (non-hydrogen) atoms. The summed E-state index contributed by atoms with van der Waals surface area (Å²) in [6.45, 7) is 7.13. The molecule has 0 bridgehead atoms. The third-order valence-electron chi connectivity index (χ3n) is 2.95. The molecule has 0 aliphatic carbocycles. The molecule has 0 saturated heterocycles. The molecule has 0 N–H and O–H groups in total. The van der Waals surface area contributed by atoms with Crippen molar-refractivity contribution in [3.05, 3.63) is 42.5 Å². The summed E-state index contributed by atoms with van der Waals surface area (Å²) in [4.78, 5) is 11.4. The summed E-state index contributed by atoms with van der Waals surface area (Å²) >= 11 is 0. The molecular formula is C16H24O4Si. The van der Waals surface area contributed by atoms with Crippen LogP contribution in [0, 0.1) is 0 Å². The summed E-state index contributed by atoms with van der Waals surface area (Å²) in [6.07, 6.45) is 3.07. The Labute approximate surface area is 128 Å². The number of ether oxygens (including phenoxy) is 1. The molecule has 4 nitrogen and oxygen atoms in total. The molecule has 5 heteroatoms. The Kier molecular flexibility index (Phi) is 7.96. The molecular weight excluding hydrogens is 284 g/mol. The molecule has 1 aromatic carbocycles. The number of hydrogen-bond acceptors (Lipinski definition) is 4. The van der Waals surface area contributed by atoms with Crippen molar-refractivity contribution in [2.24, 2.45) is 0 Å². The van der Waals surface area contributed by atoms with Gasteiger partial charge < -0.3 is 13.6 Å². The van der Waals surface area contributed by atoms with Crippen LogP contribution < -0.4 is 5.19 Å². The Morgan fingerprint density at radius 2 is 1.76 bits per heavy atom. The van der Waals surface area contributed by atoms with Crippen LogP contribution in [0.2, 0.25) is 6.04 Å². The normalized spacial score (nSPS) is 11.8. The first kappa shape index (κ1) is 17.6. The molecule has 116 valence electrons. The third-order valence-corrected chi connectivity index (χ3v) is 6.53. The standard InChI is InChI=1S/C16H24O4Si/c1-4-10-16(17)18-13-14-21(19-5-2,20-6-3)15-11-8-7-9-12-15/h4,7-12H,5-6,13-14H2,1-3H3. The number of allylic oxidation sites excluding steroid dienone is 1. The first-order chi connectivity index (χ1) is 10.2. The lowest BCUT2D eigenvalue weighted by molar-refractivity contribution is -0.137. The summed E-state index contributed by atoms with van der Waals surface area (Å²) in [7, 11) is -2.56. The monoisotopic (exact) mass is 308 g/mol. The Hall–Kier alpha value is -1.43. The van der Waals surface area contributed by atoms with E-state index in [1.54, 1.807) is 13.0 Å². The first-order valence-corrected chi connectivity index (χ1v) is 9.33. The van der Waals surface area contributed by atoms with E-state index in [1.165, 1.54) is 6.08 Å². The molecule has 0 aliphatic rings. The second kappa shape index (κ2) is 9.49. The number of benzene rings is 1. The highest BCUT2D eigenvalue weighted by Crippen LogP contribution is 2.15. The molecule has 0 aliphatic heterocycles. The maximum absolute atomic E-state index is 11.4. The van der Waals surface area contributed by atoms with Gasteiger partial charge in [0.25, 0.3) is 0 Å². The van der Waals surface area contributed by atoms with Crippen LogP contribution in [0.4, 0.5) is 0 Å². The van der Waals surface area contributed by atoms with Crippen molar-refractivity contribution in [1.82, 2.24) is 0 Å². The minimum atomic E-state index is -2.56. The molecule has 0 fully saturated rings. The number of carbonyl (C=O) groups is 1. The molecule has 0 saturated carbocycles. The van der Waals surface area contributed by atoms with Crippen molar-refractivity contribution < 1.29 is 18.4 Å². The van der Waals surface area contributed by atoms with Gasteiger partial charge in [0.15, 0.2) is 0 Å². The predicted octanol–water partition coefficient (Wildman–Crippen LogP) is 2.53. The van der Waals surface area contributed by atoms with E-state index in [9.17, 15) is 4.79 Å². The first-order valence-electron chi connectivity index (χ1n) is 7.31. The average Bonchev–Trinajstić information content (AvgIpc) is 2.49. The molecule has 0 spiro atoms. The van der Waals surface area contributed by atoms with Gasteiger partial charge >= 0.3 is 14.5 Å². The van der Waals surface area contributed by atoms with Crippen molar-refractivity contribution in [3.8, 4) is 0 Å². The molecule has 0 heterocycles. The number of rotatable bonds is 9. The van der Waals surface area contributed by atoms with Crippen molar-refractivity contribution in [3.63, 3.8) is 0 Å².